The van der Waals surface area contributed by atoms with Gasteiger partial charge < -0.3 is 10.1 Å². The van der Waals surface area contributed by atoms with Gasteiger partial charge in [0, 0.05) is 6.04 Å². The third-order valence-electron chi connectivity index (χ3n) is 7.10. The van der Waals surface area contributed by atoms with Gasteiger partial charge in [0.2, 0.25) is 5.91 Å². The van der Waals surface area contributed by atoms with E-state index < -0.39 is 5.41 Å². The van der Waals surface area contributed by atoms with Crippen molar-refractivity contribution < 1.29 is 9.53 Å². The molecule has 136 valence electrons. The average molecular weight is 341 g/mol. The number of hydrogen-bond donors (Lipinski definition) is 1. The lowest BCUT2D eigenvalue weighted by Gasteiger charge is -2.54. The number of aryl methyl sites for hydroxylation is 1. The zero-order valence-electron chi connectivity index (χ0n) is 16.0. The first kappa shape index (κ1) is 16.9. The van der Waals surface area contributed by atoms with Crippen molar-refractivity contribution in [3.05, 3.63) is 29.3 Å². The molecular weight excluding hydrogens is 310 g/mol. The maximum Gasteiger partial charge on any atom is 0.230 e. The number of carbonyl (C=O) groups excluding carboxylic acids is 1. The van der Waals surface area contributed by atoms with Gasteiger partial charge in [-0.3, -0.25) is 4.79 Å². The molecule has 1 N–H and O–H groups in total. The van der Waals surface area contributed by atoms with Gasteiger partial charge in [-0.05, 0) is 99.8 Å². The Bertz CT molecular complexity index is 651. The van der Waals surface area contributed by atoms with Gasteiger partial charge in [-0.2, -0.15) is 0 Å². The van der Waals surface area contributed by atoms with Gasteiger partial charge in [0.05, 0.1) is 12.5 Å². The van der Waals surface area contributed by atoms with E-state index >= 15 is 0 Å². The van der Waals surface area contributed by atoms with E-state index in [2.05, 4.69) is 18.3 Å². The van der Waals surface area contributed by atoms with E-state index in [1.807, 2.05) is 26.0 Å². The maximum absolute atomic E-state index is 13.2. The number of hydrogen-bond acceptors (Lipinski definition) is 2. The summed E-state index contributed by atoms with van der Waals surface area (Å²) in [5, 5.41) is 3.48. The SMILES string of the molecule is COc1cc(C)cc(C(C)(C)C(=O)NC2C3CC4CC(C3)CC2C4)c1. The van der Waals surface area contributed by atoms with Crippen molar-refractivity contribution in [1.82, 2.24) is 5.32 Å². The summed E-state index contributed by atoms with van der Waals surface area (Å²) in [6.07, 6.45) is 6.77. The average Bonchev–Trinajstić information content (AvgIpc) is 2.56. The number of rotatable bonds is 4. The fraction of sp³-hybridized carbons (Fsp3) is 0.682. The van der Waals surface area contributed by atoms with Crippen molar-refractivity contribution in [2.75, 3.05) is 7.11 Å². The molecule has 3 heteroatoms. The molecule has 4 aliphatic rings. The van der Waals surface area contributed by atoms with Crippen LogP contribution in [0.2, 0.25) is 0 Å². The van der Waals surface area contributed by atoms with Gasteiger partial charge in [-0.1, -0.05) is 6.07 Å². The lowest BCUT2D eigenvalue weighted by Crippen LogP contribution is -2.58. The summed E-state index contributed by atoms with van der Waals surface area (Å²) >= 11 is 0. The number of amides is 1. The first-order valence-corrected chi connectivity index (χ1v) is 9.84. The number of nitrogens with one attached hydrogen (secondary N) is 1. The molecule has 0 atom stereocenters. The van der Waals surface area contributed by atoms with Crippen molar-refractivity contribution in [1.29, 1.82) is 0 Å². The van der Waals surface area contributed by atoms with Crippen LogP contribution in [-0.2, 0) is 10.2 Å². The fourth-order valence-electron chi connectivity index (χ4n) is 5.85. The Labute approximate surface area is 151 Å². The Morgan fingerprint density at radius 1 is 1.04 bits per heavy atom. The lowest BCUT2D eigenvalue weighted by atomic mass is 9.54. The Morgan fingerprint density at radius 3 is 2.20 bits per heavy atom. The predicted octanol–water partition coefficient (Wildman–Crippen LogP) is 4.22. The molecule has 5 rings (SSSR count). The van der Waals surface area contributed by atoms with Gasteiger partial charge >= 0.3 is 0 Å². The van der Waals surface area contributed by atoms with Gasteiger partial charge in [-0.25, -0.2) is 0 Å². The van der Waals surface area contributed by atoms with E-state index in [1.54, 1.807) is 7.11 Å². The van der Waals surface area contributed by atoms with E-state index in [9.17, 15) is 4.79 Å². The summed E-state index contributed by atoms with van der Waals surface area (Å²) in [5.74, 6) is 4.28. The van der Waals surface area contributed by atoms with Crippen LogP contribution in [0.25, 0.3) is 0 Å². The van der Waals surface area contributed by atoms with Crippen LogP contribution in [0.4, 0.5) is 0 Å². The maximum atomic E-state index is 13.2. The van der Waals surface area contributed by atoms with Gasteiger partial charge in [0.25, 0.3) is 0 Å². The quantitative estimate of drug-likeness (QED) is 0.890. The molecule has 1 aromatic carbocycles. The van der Waals surface area contributed by atoms with Gasteiger partial charge in [0.15, 0.2) is 0 Å². The lowest BCUT2D eigenvalue weighted by molar-refractivity contribution is -0.129. The zero-order valence-corrected chi connectivity index (χ0v) is 16.0. The number of methoxy groups -OCH3 is 1. The third kappa shape index (κ3) is 2.96. The molecular formula is C22H31NO2. The predicted molar refractivity (Wildman–Crippen MR) is 99.7 cm³/mol. The van der Waals surface area contributed by atoms with Crippen LogP contribution in [0.15, 0.2) is 18.2 Å². The molecule has 0 saturated heterocycles. The van der Waals surface area contributed by atoms with Crippen LogP contribution >= 0.6 is 0 Å². The molecule has 0 heterocycles. The van der Waals surface area contributed by atoms with Crippen LogP contribution in [0.1, 0.15) is 57.1 Å². The molecule has 0 aromatic heterocycles. The summed E-state index contributed by atoms with van der Waals surface area (Å²) in [6.45, 7) is 6.12. The van der Waals surface area contributed by atoms with Crippen molar-refractivity contribution in [2.45, 2.75) is 64.3 Å². The molecule has 4 aliphatic carbocycles. The smallest absolute Gasteiger partial charge is 0.230 e. The van der Waals surface area contributed by atoms with Crippen LogP contribution in [-0.4, -0.2) is 19.1 Å². The number of carbonyl (C=O) groups is 1. The zero-order chi connectivity index (χ0) is 17.8. The van der Waals surface area contributed by atoms with Crippen LogP contribution in [0, 0.1) is 30.6 Å². The highest BCUT2D eigenvalue weighted by molar-refractivity contribution is 5.87. The highest BCUT2D eigenvalue weighted by Crippen LogP contribution is 2.53. The van der Waals surface area contributed by atoms with Crippen molar-refractivity contribution in [2.24, 2.45) is 23.7 Å². The highest BCUT2D eigenvalue weighted by atomic mass is 16.5. The first-order valence-electron chi connectivity index (χ1n) is 9.84. The van der Waals surface area contributed by atoms with Crippen LogP contribution in [0.3, 0.4) is 0 Å². The fourth-order valence-corrected chi connectivity index (χ4v) is 5.85. The van der Waals surface area contributed by atoms with E-state index in [4.69, 9.17) is 4.74 Å². The molecule has 1 aromatic rings. The molecule has 0 aliphatic heterocycles. The Hall–Kier alpha value is -1.51. The Morgan fingerprint density at radius 2 is 1.64 bits per heavy atom. The first-order chi connectivity index (χ1) is 11.9. The summed E-state index contributed by atoms with van der Waals surface area (Å²) in [5.41, 5.74) is 1.61. The van der Waals surface area contributed by atoms with Gasteiger partial charge in [-0.15, -0.1) is 0 Å². The number of ether oxygens (including phenoxy) is 1. The second-order valence-electron chi connectivity index (χ2n) is 9.29. The molecule has 4 bridgehead atoms. The topological polar surface area (TPSA) is 38.3 Å². The van der Waals surface area contributed by atoms with E-state index in [0.29, 0.717) is 17.9 Å². The molecule has 0 radical (unpaired) electrons. The van der Waals surface area contributed by atoms with E-state index in [0.717, 1.165) is 28.7 Å². The minimum Gasteiger partial charge on any atom is -0.497 e. The second-order valence-corrected chi connectivity index (χ2v) is 9.29. The van der Waals surface area contributed by atoms with Crippen molar-refractivity contribution in [3.63, 3.8) is 0 Å². The number of benzene rings is 1. The van der Waals surface area contributed by atoms with Gasteiger partial charge in [0.1, 0.15) is 5.75 Å². The van der Waals surface area contributed by atoms with Crippen LogP contribution < -0.4 is 10.1 Å². The summed E-state index contributed by atoms with van der Waals surface area (Å²) in [6, 6.07) is 6.52. The normalized spacial score (nSPS) is 33.4. The van der Waals surface area contributed by atoms with Crippen molar-refractivity contribution in [3.8, 4) is 5.75 Å². The van der Waals surface area contributed by atoms with Crippen molar-refractivity contribution >= 4 is 5.91 Å². The molecule has 3 nitrogen and oxygen atoms in total. The molecule has 1 amide bonds. The molecule has 25 heavy (non-hydrogen) atoms. The van der Waals surface area contributed by atoms with Crippen LogP contribution in [0.5, 0.6) is 5.75 Å². The molecule has 4 fully saturated rings. The Balaban J connectivity index is 1.53. The molecule has 4 saturated carbocycles. The minimum absolute atomic E-state index is 0.164. The Kier molecular flexibility index (Phi) is 4.09. The summed E-state index contributed by atoms with van der Waals surface area (Å²) < 4.78 is 5.41. The minimum atomic E-state index is -0.548. The largest absolute Gasteiger partial charge is 0.497 e. The summed E-state index contributed by atoms with van der Waals surface area (Å²) in [4.78, 5) is 13.2. The molecule has 0 spiro atoms. The third-order valence-corrected chi connectivity index (χ3v) is 7.10. The van der Waals surface area contributed by atoms with E-state index in [1.165, 1.54) is 32.1 Å². The highest BCUT2D eigenvalue weighted by Gasteiger charge is 2.49. The second kappa shape index (κ2) is 6.03. The summed E-state index contributed by atoms with van der Waals surface area (Å²) in [7, 11) is 1.68. The monoisotopic (exact) mass is 341 g/mol. The molecule has 0 unspecified atom stereocenters. The standard InChI is InChI=1S/C22H31NO2/c1-13-5-18(12-19(6-13)25-4)22(2,3)21(24)23-20-16-8-14-7-15(10-16)11-17(20)9-14/h5-6,12,14-17,20H,7-11H2,1-4H3,(H,23,24). The van der Waals surface area contributed by atoms with E-state index in [-0.39, 0.29) is 5.91 Å².